The molecule has 4 rings (SSSR count). The maximum Gasteiger partial charge on any atom is 0.325 e. The Balaban J connectivity index is 1.59. The molecule has 1 N–H and O–H groups in total. The Bertz CT molecular complexity index is 1360. The van der Waals surface area contributed by atoms with Crippen molar-refractivity contribution in [1.29, 1.82) is 0 Å². The minimum absolute atomic E-state index is 0.0356. The van der Waals surface area contributed by atoms with E-state index in [2.05, 4.69) is 5.10 Å². The number of hydrogen-bond donors (Lipinski definition) is 1. The van der Waals surface area contributed by atoms with Crippen molar-refractivity contribution in [3.8, 4) is 11.5 Å². The monoisotopic (exact) mass is 527 g/mol. The van der Waals surface area contributed by atoms with Gasteiger partial charge in [-0.25, -0.2) is 12.8 Å². The van der Waals surface area contributed by atoms with E-state index in [4.69, 9.17) is 33.0 Å². The Labute approximate surface area is 205 Å². The molecular formula is C22H20Cl2FN3O5S. The van der Waals surface area contributed by atoms with Gasteiger partial charge in [0.15, 0.2) is 0 Å². The van der Waals surface area contributed by atoms with Crippen LogP contribution in [0.2, 0.25) is 10.0 Å². The van der Waals surface area contributed by atoms with E-state index < -0.39 is 27.9 Å². The van der Waals surface area contributed by atoms with Crippen LogP contribution in [-0.4, -0.2) is 40.6 Å². The van der Waals surface area contributed by atoms with E-state index in [9.17, 15) is 17.6 Å². The fourth-order valence-electron chi connectivity index (χ4n) is 3.97. The number of benzene rings is 2. The van der Waals surface area contributed by atoms with Gasteiger partial charge in [0.2, 0.25) is 10.0 Å². The van der Waals surface area contributed by atoms with Crippen molar-refractivity contribution < 1.29 is 27.4 Å². The number of carboxylic acid groups (broad SMARTS) is 1. The van der Waals surface area contributed by atoms with Gasteiger partial charge in [-0.05, 0) is 55.7 Å². The van der Waals surface area contributed by atoms with Crippen LogP contribution in [0.25, 0.3) is 0 Å². The zero-order valence-electron chi connectivity index (χ0n) is 17.9. The summed E-state index contributed by atoms with van der Waals surface area (Å²) < 4.78 is 48.3. The lowest BCUT2D eigenvalue weighted by atomic mass is 9.93. The number of halogens is 3. The van der Waals surface area contributed by atoms with Gasteiger partial charge in [-0.1, -0.05) is 23.2 Å². The van der Waals surface area contributed by atoms with Gasteiger partial charge in [0.05, 0.1) is 27.2 Å². The quantitative estimate of drug-likeness (QED) is 0.468. The van der Waals surface area contributed by atoms with Crippen LogP contribution >= 0.6 is 23.2 Å². The third kappa shape index (κ3) is 4.76. The highest BCUT2D eigenvalue weighted by Gasteiger charge is 2.34. The van der Waals surface area contributed by atoms with Crippen LogP contribution in [0.3, 0.4) is 0 Å². The van der Waals surface area contributed by atoms with Gasteiger partial charge in [-0.2, -0.15) is 9.40 Å². The van der Waals surface area contributed by atoms with E-state index in [1.165, 1.54) is 52.6 Å². The maximum absolute atomic E-state index is 13.4. The van der Waals surface area contributed by atoms with Crippen LogP contribution in [0, 0.1) is 5.82 Å². The van der Waals surface area contributed by atoms with Gasteiger partial charge in [-0.3, -0.25) is 9.48 Å². The molecule has 0 unspecified atom stereocenters. The Morgan fingerprint density at radius 2 is 1.91 bits per heavy atom. The second-order valence-corrected chi connectivity index (χ2v) is 10.6. The predicted octanol–water partition coefficient (Wildman–Crippen LogP) is 4.90. The number of aromatic nitrogens is 2. The molecule has 1 atom stereocenters. The van der Waals surface area contributed by atoms with Gasteiger partial charge >= 0.3 is 5.97 Å². The van der Waals surface area contributed by atoms with Gasteiger partial charge in [0.25, 0.3) is 0 Å². The molecule has 0 amide bonds. The number of aliphatic carboxylic acids is 1. The molecule has 1 aliphatic rings. The van der Waals surface area contributed by atoms with Crippen LogP contribution < -0.4 is 4.74 Å². The van der Waals surface area contributed by atoms with Crippen molar-refractivity contribution in [2.75, 3.05) is 7.05 Å². The molecule has 0 fully saturated rings. The Morgan fingerprint density at radius 3 is 2.56 bits per heavy atom. The molecule has 2 aromatic carbocycles. The average molecular weight is 528 g/mol. The molecule has 34 heavy (non-hydrogen) atoms. The molecule has 1 heterocycles. The smallest absolute Gasteiger partial charge is 0.325 e. The van der Waals surface area contributed by atoms with Gasteiger partial charge in [0.1, 0.15) is 23.9 Å². The van der Waals surface area contributed by atoms with E-state index in [0.717, 1.165) is 11.8 Å². The second-order valence-electron chi connectivity index (χ2n) is 7.80. The summed E-state index contributed by atoms with van der Waals surface area (Å²) in [5, 5.41) is 13.3. The maximum atomic E-state index is 13.4. The first-order valence-electron chi connectivity index (χ1n) is 10.2. The van der Waals surface area contributed by atoms with Crippen LogP contribution in [0.4, 0.5) is 4.39 Å². The van der Waals surface area contributed by atoms with E-state index in [-0.39, 0.29) is 33.0 Å². The Hall–Kier alpha value is -2.66. The predicted molar refractivity (Wildman–Crippen MR) is 123 cm³/mol. The van der Waals surface area contributed by atoms with Crippen molar-refractivity contribution in [3.63, 3.8) is 0 Å². The van der Waals surface area contributed by atoms with Gasteiger partial charge in [-0.15, -0.1) is 0 Å². The van der Waals surface area contributed by atoms with Crippen LogP contribution in [-0.2, 0) is 27.8 Å². The van der Waals surface area contributed by atoms with Gasteiger partial charge < -0.3 is 9.84 Å². The first-order chi connectivity index (χ1) is 16.1. The largest absolute Gasteiger partial charge is 0.480 e. The minimum atomic E-state index is -3.96. The summed E-state index contributed by atoms with van der Waals surface area (Å²) in [5.41, 5.74) is 1.41. The van der Waals surface area contributed by atoms with Crippen molar-refractivity contribution >= 4 is 39.2 Å². The summed E-state index contributed by atoms with van der Waals surface area (Å²) >= 11 is 12.3. The number of rotatable bonds is 7. The summed E-state index contributed by atoms with van der Waals surface area (Å²) in [5.74, 6) is -1.21. The normalized spacial score (nSPS) is 15.9. The topological polar surface area (TPSA) is 102 Å². The van der Waals surface area contributed by atoms with Crippen molar-refractivity contribution in [2.45, 2.75) is 36.7 Å². The molecule has 1 aliphatic carbocycles. The number of ether oxygens (including phenoxy) is 1. The molecule has 0 bridgehead atoms. The summed E-state index contributed by atoms with van der Waals surface area (Å²) in [6, 6.07) is 7.16. The molecule has 0 spiro atoms. The average Bonchev–Trinajstić information content (AvgIpc) is 3.18. The minimum Gasteiger partial charge on any atom is -0.480 e. The molecule has 12 heteroatoms. The van der Waals surface area contributed by atoms with Crippen molar-refractivity contribution in [2.24, 2.45) is 0 Å². The SMILES string of the molecule is CN([C@@H]1CCCc2c1cnn2CC(=O)O)S(=O)(=O)c1ccc(Oc2ccc(F)cc2Cl)c(Cl)c1. The molecule has 3 aromatic rings. The van der Waals surface area contributed by atoms with Crippen molar-refractivity contribution in [1.82, 2.24) is 14.1 Å². The third-order valence-electron chi connectivity index (χ3n) is 5.65. The Morgan fingerprint density at radius 1 is 1.24 bits per heavy atom. The molecule has 180 valence electrons. The highest BCUT2D eigenvalue weighted by atomic mass is 35.5. The first kappa shape index (κ1) is 24.5. The molecular weight excluding hydrogens is 508 g/mol. The van der Waals surface area contributed by atoms with Crippen LogP contribution in [0.5, 0.6) is 11.5 Å². The number of sulfonamides is 1. The third-order valence-corrected chi connectivity index (χ3v) is 8.10. The second kappa shape index (κ2) is 9.53. The zero-order chi connectivity index (χ0) is 24.6. The fraction of sp³-hybridized carbons (Fsp3) is 0.273. The standard InChI is InChI=1S/C22H20Cl2FN3O5S/c1-27(18-3-2-4-19-15(18)11-26-28(19)12-22(29)30)34(31,32)14-6-8-21(17(24)10-14)33-20-7-5-13(25)9-16(20)23/h5-11,18H,2-4,12H2,1H3,(H,29,30)/t18-/m1/s1. The number of hydrogen-bond acceptors (Lipinski definition) is 5. The summed E-state index contributed by atoms with van der Waals surface area (Å²) in [6.45, 7) is -0.284. The summed E-state index contributed by atoms with van der Waals surface area (Å²) in [4.78, 5) is 11.1. The number of carbonyl (C=O) groups is 1. The first-order valence-corrected chi connectivity index (χ1v) is 12.4. The number of carboxylic acids is 1. The number of nitrogens with zero attached hydrogens (tertiary/aromatic N) is 3. The van der Waals surface area contributed by atoms with Gasteiger partial charge in [0, 0.05) is 18.3 Å². The molecule has 8 nitrogen and oxygen atoms in total. The number of fused-ring (bicyclic) bond motifs is 1. The lowest BCUT2D eigenvalue weighted by molar-refractivity contribution is -0.137. The molecule has 0 saturated carbocycles. The van der Waals surface area contributed by atoms with Crippen LogP contribution in [0.15, 0.2) is 47.5 Å². The summed E-state index contributed by atoms with van der Waals surface area (Å²) in [6.07, 6.45) is 3.41. The van der Waals surface area contributed by atoms with Crippen LogP contribution in [0.1, 0.15) is 30.1 Å². The summed E-state index contributed by atoms with van der Waals surface area (Å²) in [7, 11) is -2.48. The highest BCUT2D eigenvalue weighted by Crippen LogP contribution is 2.39. The highest BCUT2D eigenvalue weighted by molar-refractivity contribution is 7.89. The Kier molecular flexibility index (Phi) is 6.86. The molecule has 1 aromatic heterocycles. The van der Waals surface area contributed by atoms with E-state index >= 15 is 0 Å². The van der Waals surface area contributed by atoms with E-state index in [1.807, 2.05) is 0 Å². The lowest BCUT2D eigenvalue weighted by Crippen LogP contribution is -2.33. The van der Waals surface area contributed by atoms with E-state index in [1.54, 1.807) is 0 Å². The molecule has 0 saturated heterocycles. The van der Waals surface area contributed by atoms with E-state index in [0.29, 0.717) is 24.8 Å². The zero-order valence-corrected chi connectivity index (χ0v) is 20.2. The fourth-order valence-corrected chi connectivity index (χ4v) is 5.86. The van der Waals surface area contributed by atoms with Crippen molar-refractivity contribution in [3.05, 3.63) is 69.7 Å². The molecule has 0 radical (unpaired) electrons. The molecule has 0 aliphatic heterocycles. The lowest BCUT2D eigenvalue weighted by Gasteiger charge is -2.31.